The standard InChI is InChI=1S/C14H15BrN4O2/c1-3-21-14(20)17-13-7-6-12(18-19-13)16-10-4-5-11(15)9(2)8-10/h4-8H,3H2,1-2H3,(H,16,18)(H,17,19,20). The second-order valence-electron chi connectivity index (χ2n) is 4.24. The molecule has 0 fully saturated rings. The summed E-state index contributed by atoms with van der Waals surface area (Å²) in [6.45, 7) is 4.05. The van der Waals surface area contributed by atoms with Crippen LogP contribution in [-0.2, 0) is 4.74 Å². The van der Waals surface area contributed by atoms with Gasteiger partial charge in [-0.25, -0.2) is 4.79 Å². The van der Waals surface area contributed by atoms with Gasteiger partial charge in [-0.15, -0.1) is 10.2 Å². The zero-order valence-corrected chi connectivity index (χ0v) is 13.3. The van der Waals surface area contributed by atoms with Crippen LogP contribution < -0.4 is 10.6 Å². The smallest absolute Gasteiger partial charge is 0.412 e. The molecule has 110 valence electrons. The maximum Gasteiger partial charge on any atom is 0.412 e. The Balaban J connectivity index is 2.01. The first-order valence-electron chi connectivity index (χ1n) is 6.39. The fourth-order valence-corrected chi connectivity index (χ4v) is 1.85. The van der Waals surface area contributed by atoms with Crippen LogP contribution >= 0.6 is 15.9 Å². The van der Waals surface area contributed by atoms with E-state index in [-0.39, 0.29) is 0 Å². The predicted molar refractivity (Wildman–Crippen MR) is 84.8 cm³/mol. The van der Waals surface area contributed by atoms with Crippen LogP contribution in [0.1, 0.15) is 12.5 Å². The number of amides is 1. The van der Waals surface area contributed by atoms with Gasteiger partial charge in [-0.2, -0.15) is 0 Å². The van der Waals surface area contributed by atoms with Crippen LogP contribution in [0.3, 0.4) is 0 Å². The Bertz CT molecular complexity index is 631. The van der Waals surface area contributed by atoms with Crippen molar-refractivity contribution in [3.63, 3.8) is 0 Å². The molecule has 6 nitrogen and oxygen atoms in total. The Kier molecular flexibility index (Phi) is 5.10. The Labute approximate surface area is 131 Å². The lowest BCUT2D eigenvalue weighted by atomic mass is 10.2. The number of aryl methyl sites for hydroxylation is 1. The molecule has 0 radical (unpaired) electrons. The quantitative estimate of drug-likeness (QED) is 0.875. The topological polar surface area (TPSA) is 76.1 Å². The van der Waals surface area contributed by atoms with Gasteiger partial charge in [0, 0.05) is 10.2 Å². The number of anilines is 3. The Morgan fingerprint density at radius 1 is 1.24 bits per heavy atom. The van der Waals surface area contributed by atoms with Crippen molar-refractivity contribution in [2.24, 2.45) is 0 Å². The summed E-state index contributed by atoms with van der Waals surface area (Å²) in [6.07, 6.45) is -0.545. The molecule has 7 heteroatoms. The summed E-state index contributed by atoms with van der Waals surface area (Å²) < 4.78 is 5.81. The zero-order valence-electron chi connectivity index (χ0n) is 11.7. The van der Waals surface area contributed by atoms with Gasteiger partial charge in [-0.05, 0) is 49.7 Å². The maximum absolute atomic E-state index is 11.2. The van der Waals surface area contributed by atoms with Crippen molar-refractivity contribution >= 4 is 39.3 Å². The summed E-state index contributed by atoms with van der Waals surface area (Å²) in [6, 6.07) is 9.27. The highest BCUT2D eigenvalue weighted by molar-refractivity contribution is 9.10. The molecule has 1 heterocycles. The van der Waals surface area contributed by atoms with Crippen molar-refractivity contribution < 1.29 is 9.53 Å². The number of hydrogen-bond acceptors (Lipinski definition) is 5. The van der Waals surface area contributed by atoms with E-state index in [9.17, 15) is 4.79 Å². The Morgan fingerprint density at radius 3 is 2.57 bits per heavy atom. The third-order valence-electron chi connectivity index (χ3n) is 2.60. The van der Waals surface area contributed by atoms with Crippen LogP contribution in [0.4, 0.5) is 22.1 Å². The highest BCUT2D eigenvalue weighted by atomic mass is 79.9. The maximum atomic E-state index is 11.2. The molecule has 0 aliphatic heterocycles. The second-order valence-corrected chi connectivity index (χ2v) is 5.09. The van der Waals surface area contributed by atoms with E-state index in [1.807, 2.05) is 25.1 Å². The molecule has 0 aliphatic rings. The molecule has 1 aromatic heterocycles. The molecule has 0 spiro atoms. The predicted octanol–water partition coefficient (Wildman–Crippen LogP) is 3.86. The van der Waals surface area contributed by atoms with Crippen molar-refractivity contribution in [2.45, 2.75) is 13.8 Å². The molecule has 2 aromatic rings. The van der Waals surface area contributed by atoms with Crippen LogP contribution in [0.15, 0.2) is 34.8 Å². The van der Waals surface area contributed by atoms with Gasteiger partial charge in [0.1, 0.15) is 0 Å². The average Bonchev–Trinajstić information content (AvgIpc) is 2.45. The fourth-order valence-electron chi connectivity index (χ4n) is 1.61. The number of carbonyl (C=O) groups is 1. The summed E-state index contributed by atoms with van der Waals surface area (Å²) >= 11 is 3.45. The summed E-state index contributed by atoms with van der Waals surface area (Å²) in [5.74, 6) is 0.928. The molecule has 1 amide bonds. The molecule has 21 heavy (non-hydrogen) atoms. The van der Waals surface area contributed by atoms with Crippen molar-refractivity contribution in [1.29, 1.82) is 0 Å². The Morgan fingerprint density at radius 2 is 1.95 bits per heavy atom. The minimum atomic E-state index is -0.545. The molecule has 0 aliphatic carbocycles. The van der Waals surface area contributed by atoms with E-state index >= 15 is 0 Å². The van der Waals surface area contributed by atoms with Crippen molar-refractivity contribution in [3.05, 3.63) is 40.4 Å². The van der Waals surface area contributed by atoms with E-state index in [1.165, 1.54) is 0 Å². The lowest BCUT2D eigenvalue weighted by Crippen LogP contribution is -2.14. The largest absolute Gasteiger partial charge is 0.450 e. The third-order valence-corrected chi connectivity index (χ3v) is 3.49. The number of benzene rings is 1. The van der Waals surface area contributed by atoms with Crippen molar-refractivity contribution in [2.75, 3.05) is 17.2 Å². The van der Waals surface area contributed by atoms with Gasteiger partial charge in [-0.3, -0.25) is 5.32 Å². The number of hydrogen-bond donors (Lipinski definition) is 2. The first kappa shape index (κ1) is 15.2. The van der Waals surface area contributed by atoms with Crippen LogP contribution in [0.2, 0.25) is 0 Å². The first-order chi connectivity index (χ1) is 10.1. The van der Waals surface area contributed by atoms with Gasteiger partial charge in [0.2, 0.25) is 0 Å². The number of nitrogens with one attached hydrogen (secondary N) is 2. The lowest BCUT2D eigenvalue weighted by molar-refractivity contribution is 0.168. The van der Waals surface area contributed by atoms with Crippen LogP contribution in [0, 0.1) is 6.92 Å². The van der Waals surface area contributed by atoms with E-state index in [0.717, 1.165) is 15.7 Å². The van der Waals surface area contributed by atoms with E-state index < -0.39 is 6.09 Å². The number of aromatic nitrogens is 2. The molecule has 0 saturated heterocycles. The molecule has 0 unspecified atom stereocenters. The van der Waals surface area contributed by atoms with Gasteiger partial charge >= 0.3 is 6.09 Å². The number of ether oxygens (including phenoxy) is 1. The summed E-state index contributed by atoms with van der Waals surface area (Å²) in [4.78, 5) is 11.2. The average molecular weight is 351 g/mol. The van der Waals surface area contributed by atoms with E-state index in [0.29, 0.717) is 18.2 Å². The minimum Gasteiger partial charge on any atom is -0.450 e. The van der Waals surface area contributed by atoms with Crippen LogP contribution in [0.25, 0.3) is 0 Å². The number of carbonyl (C=O) groups excluding carboxylic acids is 1. The molecular formula is C14H15BrN4O2. The number of halogens is 1. The normalized spacial score (nSPS) is 10.0. The molecule has 0 atom stereocenters. The van der Waals surface area contributed by atoms with Gasteiger partial charge in [-0.1, -0.05) is 15.9 Å². The summed E-state index contributed by atoms with van der Waals surface area (Å²) in [7, 11) is 0. The molecular weight excluding hydrogens is 336 g/mol. The molecule has 0 bridgehead atoms. The van der Waals surface area contributed by atoms with Gasteiger partial charge in [0.15, 0.2) is 11.6 Å². The van der Waals surface area contributed by atoms with E-state index in [1.54, 1.807) is 19.1 Å². The second kappa shape index (κ2) is 7.03. The van der Waals surface area contributed by atoms with Gasteiger partial charge in [0.05, 0.1) is 6.61 Å². The highest BCUT2D eigenvalue weighted by Gasteiger charge is 2.04. The van der Waals surface area contributed by atoms with Crippen LogP contribution in [0.5, 0.6) is 0 Å². The van der Waals surface area contributed by atoms with Gasteiger partial charge < -0.3 is 10.1 Å². The fraction of sp³-hybridized carbons (Fsp3) is 0.214. The SMILES string of the molecule is CCOC(=O)Nc1ccc(Nc2ccc(Br)c(C)c2)nn1. The number of nitrogens with zero attached hydrogens (tertiary/aromatic N) is 2. The summed E-state index contributed by atoms with van der Waals surface area (Å²) in [5, 5.41) is 13.5. The molecule has 2 rings (SSSR count). The lowest BCUT2D eigenvalue weighted by Gasteiger charge is -2.08. The molecule has 1 aromatic carbocycles. The summed E-state index contributed by atoms with van der Waals surface area (Å²) in [5.41, 5.74) is 2.03. The number of rotatable bonds is 4. The van der Waals surface area contributed by atoms with E-state index in [4.69, 9.17) is 4.74 Å². The van der Waals surface area contributed by atoms with Crippen molar-refractivity contribution in [1.82, 2.24) is 10.2 Å². The van der Waals surface area contributed by atoms with E-state index in [2.05, 4.69) is 36.8 Å². The molecule has 2 N–H and O–H groups in total. The highest BCUT2D eigenvalue weighted by Crippen LogP contribution is 2.22. The zero-order chi connectivity index (χ0) is 15.2. The molecule has 0 saturated carbocycles. The minimum absolute atomic E-state index is 0.307. The first-order valence-corrected chi connectivity index (χ1v) is 7.18. The van der Waals surface area contributed by atoms with Crippen LogP contribution in [-0.4, -0.2) is 22.9 Å². The monoisotopic (exact) mass is 350 g/mol. The third kappa shape index (κ3) is 4.42. The van der Waals surface area contributed by atoms with Gasteiger partial charge in [0.25, 0.3) is 0 Å². The Hall–Kier alpha value is -2.15. The van der Waals surface area contributed by atoms with Crippen molar-refractivity contribution in [3.8, 4) is 0 Å².